The largest absolute Gasteiger partial charge is 0.493 e. The molecule has 0 amide bonds. The Kier molecular flexibility index (Phi) is 5.10. The summed E-state index contributed by atoms with van der Waals surface area (Å²) in [6, 6.07) is 4.47. The van der Waals surface area contributed by atoms with Gasteiger partial charge >= 0.3 is 5.97 Å². The highest BCUT2D eigenvalue weighted by Crippen LogP contribution is 2.23. The molecule has 0 fully saturated rings. The first-order chi connectivity index (χ1) is 8.54. The lowest BCUT2D eigenvalue weighted by molar-refractivity contribution is -0.385. The zero-order chi connectivity index (χ0) is 13.5. The summed E-state index contributed by atoms with van der Waals surface area (Å²) in [5.74, 6) is 0.179. The van der Waals surface area contributed by atoms with Gasteiger partial charge in [-0.25, -0.2) is 0 Å². The van der Waals surface area contributed by atoms with Crippen LogP contribution in [0.1, 0.15) is 18.9 Å². The lowest BCUT2D eigenvalue weighted by Crippen LogP contribution is -2.09. The van der Waals surface area contributed by atoms with Gasteiger partial charge in [-0.05, 0) is 26.0 Å². The van der Waals surface area contributed by atoms with Crippen LogP contribution in [0, 0.1) is 17.0 Å². The van der Waals surface area contributed by atoms with E-state index in [0.29, 0.717) is 17.9 Å². The van der Waals surface area contributed by atoms with E-state index in [9.17, 15) is 14.9 Å². The normalized spacial score (nSPS) is 9.89. The fourth-order valence-electron chi connectivity index (χ4n) is 1.41. The van der Waals surface area contributed by atoms with Crippen molar-refractivity contribution in [1.82, 2.24) is 0 Å². The van der Waals surface area contributed by atoms with Gasteiger partial charge in [-0.15, -0.1) is 0 Å². The number of nitrogens with zero attached hydrogens (tertiary/aromatic N) is 1. The van der Waals surface area contributed by atoms with E-state index in [4.69, 9.17) is 9.47 Å². The molecule has 0 saturated carbocycles. The van der Waals surface area contributed by atoms with Crippen molar-refractivity contribution in [2.75, 3.05) is 13.2 Å². The Morgan fingerprint density at radius 3 is 2.72 bits per heavy atom. The molecular weight excluding hydrogens is 238 g/mol. The van der Waals surface area contributed by atoms with Gasteiger partial charge in [0.2, 0.25) is 0 Å². The van der Waals surface area contributed by atoms with Crippen molar-refractivity contribution >= 4 is 11.7 Å². The van der Waals surface area contributed by atoms with Crippen molar-refractivity contribution in [2.24, 2.45) is 0 Å². The Bertz CT molecular complexity index is 444. The number of aryl methyl sites for hydroxylation is 1. The summed E-state index contributed by atoms with van der Waals surface area (Å²) in [6.07, 6.45) is 0.157. The van der Waals surface area contributed by atoms with Crippen LogP contribution in [-0.4, -0.2) is 24.1 Å². The van der Waals surface area contributed by atoms with Crippen molar-refractivity contribution in [2.45, 2.75) is 20.3 Å². The van der Waals surface area contributed by atoms with Gasteiger partial charge in [0.05, 0.1) is 24.6 Å². The number of nitro benzene ring substituents is 1. The SMILES string of the molecule is CCOC(=O)CCOc1ccc([N+](=O)[O-])c(C)c1. The third-order valence-electron chi connectivity index (χ3n) is 2.25. The minimum atomic E-state index is -0.447. The molecule has 98 valence electrons. The Morgan fingerprint density at radius 2 is 2.17 bits per heavy atom. The Morgan fingerprint density at radius 1 is 1.44 bits per heavy atom. The molecular formula is C12H15NO5. The van der Waals surface area contributed by atoms with E-state index < -0.39 is 4.92 Å². The average molecular weight is 253 g/mol. The van der Waals surface area contributed by atoms with Crippen molar-refractivity contribution in [3.8, 4) is 5.75 Å². The molecule has 0 saturated heterocycles. The smallest absolute Gasteiger partial charge is 0.309 e. The minimum Gasteiger partial charge on any atom is -0.493 e. The fourth-order valence-corrected chi connectivity index (χ4v) is 1.41. The zero-order valence-corrected chi connectivity index (χ0v) is 10.3. The number of nitro groups is 1. The maximum atomic E-state index is 11.1. The van der Waals surface area contributed by atoms with Crippen LogP contribution in [0.5, 0.6) is 5.75 Å². The minimum absolute atomic E-state index is 0.0488. The second-order valence-electron chi connectivity index (χ2n) is 3.61. The summed E-state index contributed by atoms with van der Waals surface area (Å²) in [5.41, 5.74) is 0.571. The quantitative estimate of drug-likeness (QED) is 0.441. The van der Waals surface area contributed by atoms with Crippen LogP contribution in [0.4, 0.5) is 5.69 Å². The van der Waals surface area contributed by atoms with Gasteiger partial charge in [0, 0.05) is 11.6 Å². The maximum Gasteiger partial charge on any atom is 0.309 e. The number of esters is 1. The third-order valence-corrected chi connectivity index (χ3v) is 2.25. The maximum absolute atomic E-state index is 11.1. The molecule has 0 unspecified atom stereocenters. The monoisotopic (exact) mass is 253 g/mol. The number of ether oxygens (including phenoxy) is 2. The van der Waals surface area contributed by atoms with E-state index in [-0.39, 0.29) is 24.7 Å². The fraction of sp³-hybridized carbons (Fsp3) is 0.417. The van der Waals surface area contributed by atoms with E-state index in [1.165, 1.54) is 12.1 Å². The Labute approximate surface area is 105 Å². The van der Waals surface area contributed by atoms with E-state index in [0.717, 1.165) is 0 Å². The second kappa shape index (κ2) is 6.58. The third kappa shape index (κ3) is 4.04. The van der Waals surface area contributed by atoms with Crippen molar-refractivity contribution in [3.05, 3.63) is 33.9 Å². The van der Waals surface area contributed by atoms with Gasteiger partial charge in [-0.3, -0.25) is 14.9 Å². The lowest BCUT2D eigenvalue weighted by Gasteiger charge is -2.06. The number of hydrogen-bond donors (Lipinski definition) is 0. The number of hydrogen-bond acceptors (Lipinski definition) is 5. The Hall–Kier alpha value is -2.11. The summed E-state index contributed by atoms with van der Waals surface area (Å²) in [7, 11) is 0. The van der Waals surface area contributed by atoms with Gasteiger partial charge in [0.15, 0.2) is 0 Å². The number of rotatable bonds is 6. The number of carbonyl (C=O) groups excluding carboxylic acids is 1. The highest BCUT2D eigenvalue weighted by molar-refractivity contribution is 5.69. The van der Waals surface area contributed by atoms with Crippen LogP contribution >= 0.6 is 0 Å². The molecule has 0 bridgehead atoms. The lowest BCUT2D eigenvalue weighted by atomic mass is 10.2. The highest BCUT2D eigenvalue weighted by Gasteiger charge is 2.10. The van der Waals surface area contributed by atoms with Crippen LogP contribution in [0.3, 0.4) is 0 Å². The molecule has 6 heteroatoms. The van der Waals surface area contributed by atoms with Gasteiger partial charge in [0.1, 0.15) is 5.75 Å². The molecule has 0 aromatic heterocycles. The molecule has 0 aliphatic heterocycles. The van der Waals surface area contributed by atoms with Gasteiger partial charge < -0.3 is 9.47 Å². The van der Waals surface area contributed by atoms with Gasteiger partial charge in [-0.2, -0.15) is 0 Å². The molecule has 0 atom stereocenters. The van der Waals surface area contributed by atoms with Crippen molar-refractivity contribution in [3.63, 3.8) is 0 Å². The highest BCUT2D eigenvalue weighted by atomic mass is 16.6. The molecule has 0 aliphatic rings. The number of carbonyl (C=O) groups is 1. The number of benzene rings is 1. The molecule has 1 aromatic carbocycles. The first-order valence-corrected chi connectivity index (χ1v) is 5.58. The summed E-state index contributed by atoms with van der Waals surface area (Å²) >= 11 is 0. The van der Waals surface area contributed by atoms with Gasteiger partial charge in [-0.1, -0.05) is 0 Å². The molecule has 0 spiro atoms. The van der Waals surface area contributed by atoms with Gasteiger partial charge in [0.25, 0.3) is 5.69 Å². The summed E-state index contributed by atoms with van der Waals surface area (Å²) in [5, 5.41) is 10.6. The summed E-state index contributed by atoms with van der Waals surface area (Å²) < 4.78 is 10.1. The second-order valence-corrected chi connectivity index (χ2v) is 3.61. The predicted octanol–water partition coefficient (Wildman–Crippen LogP) is 2.24. The standard InChI is InChI=1S/C12H15NO5/c1-3-17-12(14)6-7-18-10-4-5-11(13(15)16)9(2)8-10/h4-5,8H,3,6-7H2,1-2H3. The van der Waals surface area contributed by atoms with Crippen LogP contribution in [0.2, 0.25) is 0 Å². The molecule has 0 heterocycles. The molecule has 18 heavy (non-hydrogen) atoms. The van der Waals surface area contributed by atoms with E-state index >= 15 is 0 Å². The molecule has 6 nitrogen and oxygen atoms in total. The van der Waals surface area contributed by atoms with Crippen LogP contribution < -0.4 is 4.74 Å². The topological polar surface area (TPSA) is 78.7 Å². The van der Waals surface area contributed by atoms with Crippen LogP contribution in [-0.2, 0) is 9.53 Å². The van der Waals surface area contributed by atoms with E-state index in [1.807, 2.05) is 0 Å². The molecule has 1 rings (SSSR count). The summed E-state index contributed by atoms with van der Waals surface area (Å²) in [6.45, 7) is 3.90. The molecule has 0 radical (unpaired) electrons. The predicted molar refractivity (Wildman–Crippen MR) is 64.6 cm³/mol. The van der Waals surface area contributed by atoms with Crippen molar-refractivity contribution in [1.29, 1.82) is 0 Å². The van der Waals surface area contributed by atoms with Crippen molar-refractivity contribution < 1.29 is 19.2 Å². The molecule has 1 aromatic rings. The van der Waals surface area contributed by atoms with E-state index in [2.05, 4.69) is 0 Å². The molecule has 0 aliphatic carbocycles. The first kappa shape index (κ1) is 14.0. The zero-order valence-electron chi connectivity index (χ0n) is 10.3. The molecule has 0 N–H and O–H groups in total. The summed E-state index contributed by atoms with van der Waals surface area (Å²) in [4.78, 5) is 21.2. The van der Waals surface area contributed by atoms with E-state index in [1.54, 1.807) is 19.9 Å². The first-order valence-electron chi connectivity index (χ1n) is 5.58. The van der Waals surface area contributed by atoms with Crippen LogP contribution in [0.15, 0.2) is 18.2 Å². The van der Waals surface area contributed by atoms with Crippen LogP contribution in [0.25, 0.3) is 0 Å². The average Bonchev–Trinajstić information content (AvgIpc) is 2.29. The Balaban J connectivity index is 2.51.